The number of esters is 2. The lowest BCUT2D eigenvalue weighted by atomic mass is 10.2. The van der Waals surface area contributed by atoms with E-state index in [0.29, 0.717) is 0 Å². The average molecular weight is 278 g/mol. The second kappa shape index (κ2) is 8.68. The van der Waals surface area contributed by atoms with Gasteiger partial charge in [0, 0.05) is 0 Å². The topological polar surface area (TPSA) is 77.0 Å². The molecule has 0 atom stereocenters. The minimum Gasteiger partial charge on any atom is -0.465 e. The van der Waals surface area contributed by atoms with Crippen molar-refractivity contribution in [2.45, 2.75) is 13.8 Å². The molecule has 1 rings (SSSR count). The molecule has 1 aromatic rings. The molecule has 1 N–H and O–H groups in total. The number of anilines is 1. The summed E-state index contributed by atoms with van der Waals surface area (Å²) in [5.74, 6) is -2.51. The van der Waals surface area contributed by atoms with Gasteiger partial charge in [-0.3, -0.25) is 15.0 Å². The smallest absolute Gasteiger partial charge is 0.325 e. The lowest BCUT2D eigenvalue weighted by molar-refractivity contribution is -0.157. The second-order valence-electron chi connectivity index (χ2n) is 3.74. The molecule has 108 valence electrons. The van der Waals surface area contributed by atoms with Crippen molar-refractivity contribution in [3.63, 3.8) is 0 Å². The van der Waals surface area contributed by atoms with Crippen LogP contribution in [0.1, 0.15) is 13.8 Å². The molecule has 0 spiro atoms. The van der Waals surface area contributed by atoms with Crippen molar-refractivity contribution in [1.29, 1.82) is 0 Å². The summed E-state index contributed by atoms with van der Waals surface area (Å²) in [6.07, 6.45) is 1.18. The molecule has 0 heterocycles. The molecule has 0 unspecified atom stereocenters. The van der Waals surface area contributed by atoms with Crippen LogP contribution in [0.25, 0.3) is 0 Å². The molecule has 20 heavy (non-hydrogen) atoms. The molecular formula is C14H18N2O4. The van der Waals surface area contributed by atoms with Gasteiger partial charge in [0.15, 0.2) is 5.92 Å². The zero-order chi connectivity index (χ0) is 14.8. The van der Waals surface area contributed by atoms with Crippen molar-refractivity contribution < 1.29 is 19.1 Å². The first kappa shape index (κ1) is 15.7. The van der Waals surface area contributed by atoms with Gasteiger partial charge in [-0.05, 0) is 26.0 Å². The van der Waals surface area contributed by atoms with Crippen molar-refractivity contribution in [3.8, 4) is 0 Å². The highest BCUT2D eigenvalue weighted by Gasteiger charge is 2.27. The minimum absolute atomic E-state index is 0.189. The van der Waals surface area contributed by atoms with Crippen LogP contribution in [0.15, 0.2) is 35.4 Å². The van der Waals surface area contributed by atoms with Crippen molar-refractivity contribution in [1.82, 2.24) is 0 Å². The largest absolute Gasteiger partial charge is 0.465 e. The molecule has 6 nitrogen and oxygen atoms in total. The number of carbonyl (C=O) groups is 2. The number of hydrazone groups is 1. The fraction of sp³-hybridized carbons (Fsp3) is 0.357. The highest BCUT2D eigenvalue weighted by Crippen LogP contribution is 2.06. The van der Waals surface area contributed by atoms with Crippen LogP contribution < -0.4 is 5.43 Å². The van der Waals surface area contributed by atoms with E-state index >= 15 is 0 Å². The van der Waals surface area contributed by atoms with E-state index in [9.17, 15) is 9.59 Å². The summed E-state index contributed by atoms with van der Waals surface area (Å²) < 4.78 is 9.63. The van der Waals surface area contributed by atoms with Crippen molar-refractivity contribution in [2.75, 3.05) is 18.6 Å². The molecule has 0 bridgehead atoms. The zero-order valence-corrected chi connectivity index (χ0v) is 11.5. The van der Waals surface area contributed by atoms with E-state index in [-0.39, 0.29) is 13.2 Å². The summed E-state index contributed by atoms with van der Waals surface area (Å²) in [7, 11) is 0. The third kappa shape index (κ3) is 5.09. The van der Waals surface area contributed by atoms with Gasteiger partial charge in [-0.1, -0.05) is 18.2 Å². The van der Waals surface area contributed by atoms with Crippen molar-refractivity contribution in [3.05, 3.63) is 30.3 Å². The number of carbonyl (C=O) groups excluding carboxylic acids is 2. The first-order valence-corrected chi connectivity index (χ1v) is 6.36. The predicted molar refractivity (Wildman–Crippen MR) is 75.3 cm³/mol. The highest BCUT2D eigenvalue weighted by molar-refractivity contribution is 6.09. The van der Waals surface area contributed by atoms with Crippen LogP contribution in [0.2, 0.25) is 0 Å². The van der Waals surface area contributed by atoms with Crippen LogP contribution >= 0.6 is 0 Å². The molecule has 0 saturated heterocycles. The minimum atomic E-state index is -1.16. The van der Waals surface area contributed by atoms with E-state index in [1.165, 1.54) is 6.21 Å². The van der Waals surface area contributed by atoms with Gasteiger partial charge in [-0.2, -0.15) is 5.10 Å². The summed E-state index contributed by atoms with van der Waals surface area (Å²) in [5.41, 5.74) is 3.47. The first-order chi connectivity index (χ1) is 9.69. The van der Waals surface area contributed by atoms with Crippen LogP contribution in [0.4, 0.5) is 5.69 Å². The normalized spacial score (nSPS) is 10.6. The lowest BCUT2D eigenvalue weighted by Crippen LogP contribution is -2.29. The number of nitrogens with one attached hydrogen (secondary N) is 1. The van der Waals surface area contributed by atoms with Gasteiger partial charge in [0.2, 0.25) is 0 Å². The van der Waals surface area contributed by atoms with Gasteiger partial charge in [0.05, 0.1) is 25.1 Å². The lowest BCUT2D eigenvalue weighted by Gasteiger charge is -2.10. The first-order valence-electron chi connectivity index (χ1n) is 6.36. The maximum Gasteiger partial charge on any atom is 0.325 e. The van der Waals surface area contributed by atoms with Gasteiger partial charge in [-0.25, -0.2) is 0 Å². The Morgan fingerprint density at radius 2 is 1.70 bits per heavy atom. The molecule has 0 aliphatic rings. The summed E-state index contributed by atoms with van der Waals surface area (Å²) in [4.78, 5) is 23.3. The number of hydrogen-bond donors (Lipinski definition) is 1. The van der Waals surface area contributed by atoms with E-state index in [4.69, 9.17) is 9.47 Å². The van der Waals surface area contributed by atoms with Gasteiger partial charge >= 0.3 is 11.9 Å². The Bertz CT molecular complexity index is 442. The molecule has 0 fully saturated rings. The number of para-hydroxylation sites is 1. The predicted octanol–water partition coefficient (Wildman–Crippen LogP) is 1.83. The molecule has 0 aromatic heterocycles. The number of benzene rings is 1. The maximum absolute atomic E-state index is 11.7. The molecule has 0 amide bonds. The molecular weight excluding hydrogens is 260 g/mol. The van der Waals surface area contributed by atoms with Crippen LogP contribution in [0.5, 0.6) is 0 Å². The van der Waals surface area contributed by atoms with Gasteiger partial charge in [0.1, 0.15) is 0 Å². The van der Waals surface area contributed by atoms with E-state index < -0.39 is 17.9 Å². The number of hydrogen-bond acceptors (Lipinski definition) is 6. The monoisotopic (exact) mass is 278 g/mol. The number of rotatable bonds is 7. The Morgan fingerprint density at radius 1 is 1.15 bits per heavy atom. The Balaban J connectivity index is 2.68. The Morgan fingerprint density at radius 3 is 2.20 bits per heavy atom. The SMILES string of the molecule is CCOC(=O)C(/C=N\Nc1ccccc1)C(=O)OCC. The van der Waals surface area contributed by atoms with E-state index in [1.807, 2.05) is 18.2 Å². The summed E-state index contributed by atoms with van der Waals surface area (Å²) in [6, 6.07) is 9.16. The zero-order valence-electron chi connectivity index (χ0n) is 11.5. The Labute approximate surface area is 117 Å². The van der Waals surface area contributed by atoms with Gasteiger partial charge in [-0.15, -0.1) is 0 Å². The van der Waals surface area contributed by atoms with Crippen LogP contribution in [0, 0.1) is 5.92 Å². The fourth-order valence-electron chi connectivity index (χ4n) is 1.38. The summed E-state index contributed by atoms with van der Waals surface area (Å²) >= 11 is 0. The highest BCUT2D eigenvalue weighted by atomic mass is 16.6. The number of nitrogens with zero attached hydrogens (tertiary/aromatic N) is 1. The van der Waals surface area contributed by atoms with Crippen LogP contribution in [-0.2, 0) is 19.1 Å². The van der Waals surface area contributed by atoms with Gasteiger partial charge in [0.25, 0.3) is 0 Å². The Hall–Kier alpha value is -2.37. The molecule has 0 aliphatic carbocycles. The quantitative estimate of drug-likeness (QED) is 0.356. The molecule has 6 heteroatoms. The molecule has 0 aliphatic heterocycles. The number of ether oxygens (including phenoxy) is 2. The maximum atomic E-state index is 11.7. The third-order valence-electron chi connectivity index (χ3n) is 2.27. The average Bonchev–Trinajstić information content (AvgIpc) is 2.45. The molecule has 0 radical (unpaired) electrons. The fourth-order valence-corrected chi connectivity index (χ4v) is 1.38. The van der Waals surface area contributed by atoms with E-state index in [2.05, 4.69) is 10.5 Å². The van der Waals surface area contributed by atoms with Crippen molar-refractivity contribution in [2.24, 2.45) is 11.0 Å². The van der Waals surface area contributed by atoms with Gasteiger partial charge < -0.3 is 9.47 Å². The van der Waals surface area contributed by atoms with E-state index in [1.54, 1.807) is 26.0 Å². The van der Waals surface area contributed by atoms with E-state index in [0.717, 1.165) is 5.69 Å². The summed E-state index contributed by atoms with van der Waals surface area (Å²) in [5, 5.41) is 3.87. The van der Waals surface area contributed by atoms with Crippen LogP contribution in [0.3, 0.4) is 0 Å². The van der Waals surface area contributed by atoms with Crippen molar-refractivity contribution >= 4 is 23.8 Å². The third-order valence-corrected chi connectivity index (χ3v) is 2.27. The standard InChI is InChI=1S/C14H18N2O4/c1-3-19-13(17)12(14(18)20-4-2)10-15-16-11-8-6-5-7-9-11/h5-10,12,16H,3-4H2,1-2H3/b15-10-. The molecule has 0 saturated carbocycles. The second-order valence-corrected chi connectivity index (χ2v) is 3.74. The molecule has 1 aromatic carbocycles. The van der Waals surface area contributed by atoms with Crippen LogP contribution in [-0.4, -0.2) is 31.4 Å². The Kier molecular flexibility index (Phi) is 6.81. The summed E-state index contributed by atoms with van der Waals surface area (Å²) in [6.45, 7) is 3.71.